The van der Waals surface area contributed by atoms with Gasteiger partial charge in [0.1, 0.15) is 11.6 Å². The summed E-state index contributed by atoms with van der Waals surface area (Å²) >= 11 is 7.30. The molecule has 0 aliphatic heterocycles. The van der Waals surface area contributed by atoms with Crippen LogP contribution in [0.25, 0.3) is 0 Å². The fourth-order valence-corrected chi connectivity index (χ4v) is 2.47. The van der Waals surface area contributed by atoms with Gasteiger partial charge >= 0.3 is 0 Å². The van der Waals surface area contributed by atoms with Gasteiger partial charge < -0.3 is 5.32 Å². The van der Waals surface area contributed by atoms with Gasteiger partial charge in [0.2, 0.25) is 0 Å². The van der Waals surface area contributed by atoms with E-state index in [1.807, 2.05) is 6.26 Å². The molecule has 0 aliphatic rings. The number of Topliss-reactive ketones (excluding diaryl/α,β-unsaturated/α-hetero) is 1. The highest BCUT2D eigenvalue weighted by Crippen LogP contribution is 2.23. The van der Waals surface area contributed by atoms with Gasteiger partial charge in [0.15, 0.2) is 10.9 Å². The maximum Gasteiger partial charge on any atom is 0.189 e. The Balaban J connectivity index is 2.32. The monoisotopic (exact) mass is 325 g/mol. The van der Waals surface area contributed by atoms with Crippen molar-refractivity contribution < 1.29 is 9.18 Å². The van der Waals surface area contributed by atoms with Gasteiger partial charge in [0.25, 0.3) is 0 Å². The topological polar surface area (TPSA) is 54.9 Å². The molecule has 1 N–H and O–H groups in total. The number of carbonyl (C=O) groups excluding carboxylic acids is 1. The molecule has 1 heterocycles. The first kappa shape index (κ1) is 15.7. The molecule has 0 unspecified atom stereocenters. The minimum atomic E-state index is -0.625. The van der Waals surface area contributed by atoms with Crippen LogP contribution in [0.3, 0.4) is 0 Å². The number of thioether (sulfide) groups is 1. The zero-order valence-corrected chi connectivity index (χ0v) is 13.1. The first-order chi connectivity index (χ1) is 10.1. The van der Waals surface area contributed by atoms with Crippen molar-refractivity contribution in [2.75, 3.05) is 18.6 Å². The highest BCUT2D eigenvalue weighted by atomic mass is 35.5. The lowest BCUT2D eigenvalue weighted by atomic mass is 10.0. The average Bonchev–Trinajstić information content (AvgIpc) is 2.47. The molecule has 7 heteroatoms. The third-order valence-electron chi connectivity index (χ3n) is 2.85. The van der Waals surface area contributed by atoms with Gasteiger partial charge in [0.05, 0.1) is 10.6 Å². The van der Waals surface area contributed by atoms with Crippen molar-refractivity contribution in [1.29, 1.82) is 0 Å². The SMILES string of the molecule is CNc1nc(SC)ncc1CC(=O)c1c(F)cccc1Cl. The molecule has 0 saturated carbocycles. The summed E-state index contributed by atoms with van der Waals surface area (Å²) in [4.78, 5) is 20.7. The Hall–Kier alpha value is -1.66. The zero-order valence-electron chi connectivity index (χ0n) is 11.5. The Morgan fingerprint density at radius 2 is 2.24 bits per heavy atom. The van der Waals surface area contributed by atoms with Crippen LogP contribution in [0.5, 0.6) is 0 Å². The van der Waals surface area contributed by atoms with Crippen molar-refractivity contribution in [3.8, 4) is 0 Å². The third-order valence-corrected chi connectivity index (χ3v) is 3.73. The van der Waals surface area contributed by atoms with Crippen LogP contribution in [0, 0.1) is 5.82 Å². The lowest BCUT2D eigenvalue weighted by molar-refractivity contribution is 0.0989. The van der Waals surface area contributed by atoms with E-state index >= 15 is 0 Å². The minimum absolute atomic E-state index is 0.0223. The molecule has 2 aromatic rings. The highest BCUT2D eigenvalue weighted by molar-refractivity contribution is 7.98. The standard InChI is InChI=1S/C14H13ClFN3OS/c1-17-13-8(7-18-14(19-13)21-2)6-11(20)12-9(15)4-3-5-10(12)16/h3-5,7H,6H2,1-2H3,(H,17,18,19). The van der Waals surface area contributed by atoms with E-state index < -0.39 is 11.6 Å². The Morgan fingerprint density at radius 3 is 2.86 bits per heavy atom. The van der Waals surface area contributed by atoms with E-state index in [-0.39, 0.29) is 17.0 Å². The van der Waals surface area contributed by atoms with E-state index in [9.17, 15) is 9.18 Å². The fourth-order valence-electron chi connectivity index (χ4n) is 1.86. The molecule has 0 saturated heterocycles. The molecule has 0 radical (unpaired) electrons. The number of aromatic nitrogens is 2. The number of hydrogen-bond acceptors (Lipinski definition) is 5. The first-order valence-electron chi connectivity index (χ1n) is 6.11. The van der Waals surface area contributed by atoms with Crippen molar-refractivity contribution >= 4 is 35.0 Å². The van der Waals surface area contributed by atoms with Crippen molar-refractivity contribution in [3.05, 3.63) is 46.4 Å². The summed E-state index contributed by atoms with van der Waals surface area (Å²) in [5.41, 5.74) is 0.495. The van der Waals surface area contributed by atoms with Gasteiger partial charge in [0, 0.05) is 25.2 Å². The number of carbonyl (C=O) groups is 1. The van der Waals surface area contributed by atoms with Gasteiger partial charge in [-0.05, 0) is 18.4 Å². The van der Waals surface area contributed by atoms with Crippen LogP contribution < -0.4 is 5.32 Å². The Morgan fingerprint density at radius 1 is 1.48 bits per heavy atom. The second-order valence-electron chi connectivity index (χ2n) is 4.18. The molecule has 1 aromatic carbocycles. The number of nitrogens with zero attached hydrogens (tertiary/aromatic N) is 2. The zero-order chi connectivity index (χ0) is 15.4. The van der Waals surface area contributed by atoms with Crippen LogP contribution >= 0.6 is 23.4 Å². The van der Waals surface area contributed by atoms with Gasteiger partial charge in [-0.2, -0.15) is 0 Å². The van der Waals surface area contributed by atoms with Gasteiger partial charge in [-0.25, -0.2) is 14.4 Å². The Labute approximate surface area is 131 Å². The largest absolute Gasteiger partial charge is 0.373 e. The van der Waals surface area contributed by atoms with Crippen molar-refractivity contribution in [2.24, 2.45) is 0 Å². The maximum absolute atomic E-state index is 13.7. The molecular weight excluding hydrogens is 313 g/mol. The summed E-state index contributed by atoms with van der Waals surface area (Å²) in [5, 5.41) is 3.61. The number of nitrogens with one attached hydrogen (secondary N) is 1. The van der Waals surface area contributed by atoms with Gasteiger partial charge in [-0.1, -0.05) is 29.4 Å². The van der Waals surface area contributed by atoms with Gasteiger partial charge in [-0.15, -0.1) is 0 Å². The number of rotatable bonds is 5. The van der Waals surface area contributed by atoms with Crippen molar-refractivity contribution in [2.45, 2.75) is 11.6 Å². The summed E-state index contributed by atoms with van der Waals surface area (Å²) in [6, 6.07) is 4.17. The highest BCUT2D eigenvalue weighted by Gasteiger charge is 2.18. The van der Waals surface area contributed by atoms with Crippen LogP contribution in [0.4, 0.5) is 10.2 Å². The Bertz CT molecular complexity index is 661. The van der Waals surface area contributed by atoms with Crippen LogP contribution in [-0.2, 0) is 6.42 Å². The van der Waals surface area contributed by atoms with Gasteiger partial charge in [-0.3, -0.25) is 4.79 Å². The summed E-state index contributed by atoms with van der Waals surface area (Å²) in [6.07, 6.45) is 3.40. The summed E-state index contributed by atoms with van der Waals surface area (Å²) < 4.78 is 13.7. The second-order valence-corrected chi connectivity index (χ2v) is 5.36. The van der Waals surface area contributed by atoms with E-state index in [1.54, 1.807) is 13.2 Å². The molecule has 0 fully saturated rings. The molecule has 4 nitrogen and oxygen atoms in total. The predicted octanol–water partition coefficient (Wildman–Crippen LogP) is 3.46. The number of benzene rings is 1. The predicted molar refractivity (Wildman–Crippen MR) is 82.8 cm³/mol. The van der Waals surface area contributed by atoms with E-state index in [4.69, 9.17) is 11.6 Å². The van der Waals surface area contributed by atoms with Crippen LogP contribution in [0.2, 0.25) is 5.02 Å². The average molecular weight is 326 g/mol. The quantitative estimate of drug-likeness (QED) is 0.518. The number of ketones is 1. The molecule has 21 heavy (non-hydrogen) atoms. The summed E-state index contributed by atoms with van der Waals surface area (Å²) in [6.45, 7) is 0. The molecule has 0 atom stereocenters. The first-order valence-corrected chi connectivity index (χ1v) is 7.72. The summed E-state index contributed by atoms with van der Waals surface area (Å²) in [7, 11) is 1.70. The molecule has 0 spiro atoms. The van der Waals surface area contributed by atoms with E-state index in [1.165, 1.54) is 30.0 Å². The van der Waals surface area contributed by atoms with E-state index in [2.05, 4.69) is 15.3 Å². The third kappa shape index (κ3) is 3.51. The lowest BCUT2D eigenvalue weighted by Gasteiger charge is -2.09. The fraction of sp³-hybridized carbons (Fsp3) is 0.214. The lowest BCUT2D eigenvalue weighted by Crippen LogP contribution is -2.10. The smallest absolute Gasteiger partial charge is 0.189 e. The molecule has 0 amide bonds. The maximum atomic E-state index is 13.7. The normalized spacial score (nSPS) is 10.5. The molecule has 2 rings (SSSR count). The van der Waals surface area contributed by atoms with Crippen molar-refractivity contribution in [3.63, 3.8) is 0 Å². The molecule has 0 bridgehead atoms. The van der Waals surface area contributed by atoms with Crippen LogP contribution in [0.15, 0.2) is 29.6 Å². The molecular formula is C14H13ClFN3OS. The van der Waals surface area contributed by atoms with E-state index in [0.29, 0.717) is 16.5 Å². The van der Waals surface area contributed by atoms with E-state index in [0.717, 1.165) is 0 Å². The Kier molecular flexibility index (Phi) is 5.14. The number of halogens is 2. The van der Waals surface area contributed by atoms with Crippen molar-refractivity contribution in [1.82, 2.24) is 9.97 Å². The minimum Gasteiger partial charge on any atom is -0.373 e. The second kappa shape index (κ2) is 6.87. The number of hydrogen-bond donors (Lipinski definition) is 1. The van der Waals surface area contributed by atoms with Crippen LogP contribution in [0.1, 0.15) is 15.9 Å². The molecule has 0 aliphatic carbocycles. The van der Waals surface area contributed by atoms with Crippen LogP contribution in [-0.4, -0.2) is 29.1 Å². The number of anilines is 1. The molecule has 110 valence electrons. The summed E-state index contributed by atoms with van der Waals surface area (Å²) in [5.74, 6) is -0.481. The molecule has 1 aromatic heterocycles.